The highest BCUT2D eigenvalue weighted by molar-refractivity contribution is 7.84. The van der Waals surface area contributed by atoms with E-state index < -0.39 is 33.2 Å². The quantitative estimate of drug-likeness (QED) is 0.878. The minimum atomic E-state index is -1.36. The summed E-state index contributed by atoms with van der Waals surface area (Å²) in [5.41, 5.74) is -0.0851. The van der Waals surface area contributed by atoms with Crippen LogP contribution in [0.4, 0.5) is 0 Å². The summed E-state index contributed by atoms with van der Waals surface area (Å²) < 4.78 is 14.9. The van der Waals surface area contributed by atoms with Crippen LogP contribution < -0.4 is 4.72 Å². The smallest absolute Gasteiger partial charge is 0.308 e. The Morgan fingerprint density at radius 1 is 1.20 bits per heavy atom. The molecule has 3 atom stereocenters. The average molecular weight is 297 g/mol. The van der Waals surface area contributed by atoms with E-state index in [-0.39, 0.29) is 0 Å². The van der Waals surface area contributed by atoms with Crippen molar-refractivity contribution in [1.82, 2.24) is 4.72 Å². The molecule has 0 saturated heterocycles. The van der Waals surface area contributed by atoms with Gasteiger partial charge in [0, 0.05) is 0 Å². The highest BCUT2D eigenvalue weighted by Crippen LogP contribution is 2.31. The summed E-state index contributed by atoms with van der Waals surface area (Å²) in [4.78, 5) is 11.4. The molecule has 0 amide bonds. The highest BCUT2D eigenvalue weighted by atomic mass is 32.2. The van der Waals surface area contributed by atoms with Crippen molar-refractivity contribution in [1.29, 1.82) is 0 Å². The van der Waals surface area contributed by atoms with Crippen molar-refractivity contribution in [2.75, 3.05) is 0 Å². The largest absolute Gasteiger partial charge is 0.481 e. The number of benzene rings is 1. The second kappa shape index (κ2) is 6.06. The molecule has 5 heteroatoms. The van der Waals surface area contributed by atoms with Gasteiger partial charge in [-0.1, -0.05) is 30.3 Å². The molecule has 1 aromatic carbocycles. The normalized spacial score (nSPS) is 18.1. The third-order valence-corrected chi connectivity index (χ3v) is 5.19. The number of hydrogen-bond acceptors (Lipinski definition) is 2. The zero-order chi connectivity index (χ0) is 15.6. The van der Waals surface area contributed by atoms with Gasteiger partial charge in [-0.25, -0.2) is 8.93 Å². The van der Waals surface area contributed by atoms with Crippen molar-refractivity contribution in [3.05, 3.63) is 35.9 Å². The number of carbonyl (C=O) groups is 1. The Balaban J connectivity index is 3.22. The van der Waals surface area contributed by atoms with Crippen molar-refractivity contribution in [2.24, 2.45) is 5.92 Å². The van der Waals surface area contributed by atoms with E-state index in [1.807, 2.05) is 51.1 Å². The first-order valence-corrected chi connectivity index (χ1v) is 7.72. The first kappa shape index (κ1) is 16.9. The summed E-state index contributed by atoms with van der Waals surface area (Å²) in [5.74, 6) is -1.63. The van der Waals surface area contributed by atoms with Crippen LogP contribution in [0, 0.1) is 5.92 Å². The van der Waals surface area contributed by atoms with Crippen LogP contribution in [-0.4, -0.2) is 20.0 Å². The van der Waals surface area contributed by atoms with Gasteiger partial charge in [0.05, 0.1) is 27.2 Å². The molecule has 0 radical (unpaired) electrons. The Kier molecular flexibility index (Phi) is 5.10. The van der Waals surface area contributed by atoms with Gasteiger partial charge in [-0.2, -0.15) is 0 Å². The monoisotopic (exact) mass is 297 g/mol. The second-order valence-corrected chi connectivity index (χ2v) is 8.08. The van der Waals surface area contributed by atoms with E-state index in [1.165, 1.54) is 0 Å². The van der Waals surface area contributed by atoms with Gasteiger partial charge in [0.1, 0.15) is 0 Å². The van der Waals surface area contributed by atoms with Crippen LogP contribution in [0.3, 0.4) is 0 Å². The van der Waals surface area contributed by atoms with Crippen molar-refractivity contribution >= 4 is 17.0 Å². The molecule has 0 aliphatic heterocycles. The number of carboxylic acids is 1. The lowest BCUT2D eigenvalue weighted by Gasteiger charge is -2.36. The molecule has 0 spiro atoms. The first-order valence-electron chi connectivity index (χ1n) is 6.57. The SMILES string of the molecule is C[C@H](C(=O)O)[C@@](C)(NS(=O)C(C)(C)C)c1ccccc1. The lowest BCUT2D eigenvalue weighted by atomic mass is 9.81. The van der Waals surface area contributed by atoms with E-state index in [0.717, 1.165) is 5.56 Å². The van der Waals surface area contributed by atoms with Gasteiger partial charge < -0.3 is 5.11 Å². The van der Waals surface area contributed by atoms with Crippen LogP contribution in [0.15, 0.2) is 30.3 Å². The van der Waals surface area contributed by atoms with E-state index in [2.05, 4.69) is 4.72 Å². The van der Waals surface area contributed by atoms with Gasteiger partial charge in [-0.3, -0.25) is 4.79 Å². The summed E-state index contributed by atoms with van der Waals surface area (Å²) in [6.07, 6.45) is 0. The molecule has 1 rings (SSSR count). The van der Waals surface area contributed by atoms with Crippen molar-refractivity contribution in [3.63, 3.8) is 0 Å². The molecule has 2 N–H and O–H groups in total. The minimum absolute atomic E-state index is 0.464. The molecular weight excluding hydrogens is 274 g/mol. The molecule has 0 aliphatic rings. The van der Waals surface area contributed by atoms with Crippen LogP contribution in [-0.2, 0) is 21.3 Å². The molecule has 0 fully saturated rings. The Hall–Kier alpha value is -1.20. The molecule has 20 heavy (non-hydrogen) atoms. The van der Waals surface area contributed by atoms with Crippen LogP contribution in [0.2, 0.25) is 0 Å². The Morgan fingerprint density at radius 2 is 1.70 bits per heavy atom. The maximum Gasteiger partial charge on any atom is 0.308 e. The van der Waals surface area contributed by atoms with Crippen molar-refractivity contribution in [2.45, 2.75) is 44.9 Å². The van der Waals surface area contributed by atoms with Gasteiger partial charge in [-0.15, -0.1) is 0 Å². The maximum atomic E-state index is 12.4. The maximum absolute atomic E-state index is 12.4. The van der Waals surface area contributed by atoms with Gasteiger partial charge in [0.25, 0.3) is 0 Å². The predicted molar refractivity (Wildman–Crippen MR) is 81.6 cm³/mol. The number of aliphatic carboxylic acids is 1. The van der Waals surface area contributed by atoms with E-state index in [4.69, 9.17) is 0 Å². The number of carboxylic acid groups (broad SMARTS) is 1. The van der Waals surface area contributed by atoms with E-state index >= 15 is 0 Å². The summed E-state index contributed by atoms with van der Waals surface area (Å²) >= 11 is 0. The topological polar surface area (TPSA) is 66.4 Å². The third kappa shape index (κ3) is 3.67. The Morgan fingerprint density at radius 3 is 2.10 bits per heavy atom. The fourth-order valence-electron chi connectivity index (χ4n) is 1.77. The fraction of sp³-hybridized carbons (Fsp3) is 0.533. The standard InChI is InChI=1S/C15H23NO3S/c1-11(13(17)18)15(5,12-9-7-6-8-10-12)16-20(19)14(2,3)4/h6-11,16H,1-5H3,(H,17,18)/t11-,15-,20?/m1/s1. The molecule has 112 valence electrons. The summed E-state index contributed by atoms with van der Waals surface area (Å²) in [5, 5.41) is 9.36. The number of nitrogens with one attached hydrogen (secondary N) is 1. The lowest BCUT2D eigenvalue weighted by Crippen LogP contribution is -2.51. The third-order valence-electron chi connectivity index (χ3n) is 3.47. The molecule has 0 heterocycles. The van der Waals surface area contributed by atoms with Crippen LogP contribution in [0.5, 0.6) is 0 Å². The molecular formula is C15H23NO3S. The van der Waals surface area contributed by atoms with Gasteiger partial charge in [0.15, 0.2) is 0 Å². The van der Waals surface area contributed by atoms with Gasteiger partial charge in [-0.05, 0) is 40.2 Å². The molecule has 0 aromatic heterocycles. The highest BCUT2D eigenvalue weighted by Gasteiger charge is 2.40. The van der Waals surface area contributed by atoms with E-state index in [0.29, 0.717) is 0 Å². The van der Waals surface area contributed by atoms with Crippen LogP contribution in [0.1, 0.15) is 40.2 Å². The van der Waals surface area contributed by atoms with Gasteiger partial charge >= 0.3 is 5.97 Å². The fourth-order valence-corrected chi connectivity index (χ4v) is 2.76. The minimum Gasteiger partial charge on any atom is -0.481 e. The zero-order valence-electron chi connectivity index (χ0n) is 12.6. The van der Waals surface area contributed by atoms with Crippen molar-refractivity contribution < 1.29 is 14.1 Å². The lowest BCUT2D eigenvalue weighted by molar-refractivity contribution is -0.143. The predicted octanol–water partition coefficient (Wildman–Crippen LogP) is 2.67. The number of hydrogen-bond donors (Lipinski definition) is 2. The zero-order valence-corrected chi connectivity index (χ0v) is 13.5. The Labute approximate surface area is 123 Å². The second-order valence-electron chi connectivity index (χ2n) is 6.11. The molecule has 0 aliphatic carbocycles. The van der Waals surface area contributed by atoms with E-state index in [1.54, 1.807) is 13.8 Å². The average Bonchev–Trinajstić information content (AvgIpc) is 2.37. The van der Waals surface area contributed by atoms with Crippen LogP contribution >= 0.6 is 0 Å². The molecule has 1 unspecified atom stereocenters. The first-order chi connectivity index (χ1) is 9.09. The molecule has 0 saturated carbocycles. The van der Waals surface area contributed by atoms with Gasteiger partial charge in [0.2, 0.25) is 0 Å². The summed E-state index contributed by atoms with van der Waals surface area (Å²) in [6.45, 7) is 8.97. The molecule has 4 nitrogen and oxygen atoms in total. The number of rotatable bonds is 5. The Bertz CT molecular complexity index is 496. The van der Waals surface area contributed by atoms with E-state index in [9.17, 15) is 14.1 Å². The van der Waals surface area contributed by atoms with Crippen LogP contribution in [0.25, 0.3) is 0 Å². The van der Waals surface area contributed by atoms with Crippen molar-refractivity contribution in [3.8, 4) is 0 Å². The molecule has 1 aromatic rings. The molecule has 0 bridgehead atoms. The summed E-state index contributed by atoms with van der Waals surface area (Å²) in [7, 11) is -1.36. The summed E-state index contributed by atoms with van der Waals surface area (Å²) in [6, 6.07) is 9.28.